The van der Waals surface area contributed by atoms with Gasteiger partial charge in [0.05, 0.1) is 30.2 Å². The first-order valence-corrected chi connectivity index (χ1v) is 12.9. The first-order valence-electron chi connectivity index (χ1n) is 11.7. The number of amides is 1. The molecular formula is C26H26N4O4S2. The average Bonchev–Trinajstić information content (AvgIpc) is 3.49. The summed E-state index contributed by atoms with van der Waals surface area (Å²) in [7, 11) is 1.62. The highest BCUT2D eigenvalue weighted by Gasteiger charge is 2.35. The molecule has 1 aromatic carbocycles. The fourth-order valence-electron chi connectivity index (χ4n) is 4.29. The number of carbonyl (C=O) groups excluding carboxylic acids is 1. The SMILES string of the molecule is COc1ccc(CNc2nc3c(C)cccn3c(=O)c2/C=C2\SC(=S)N(C[C@@H]3CCCO3)C2=O)cc1. The molecule has 1 atom stereocenters. The maximum absolute atomic E-state index is 13.6. The Labute approximate surface area is 218 Å². The molecule has 4 heterocycles. The third-order valence-corrected chi connectivity index (χ3v) is 7.64. The molecular weight excluding hydrogens is 496 g/mol. The van der Waals surface area contributed by atoms with Crippen molar-refractivity contribution >= 4 is 51.7 Å². The number of fused-ring (bicyclic) bond motifs is 1. The van der Waals surface area contributed by atoms with E-state index in [4.69, 9.17) is 26.7 Å². The van der Waals surface area contributed by atoms with E-state index in [-0.39, 0.29) is 17.6 Å². The molecule has 8 nitrogen and oxygen atoms in total. The number of anilines is 1. The number of rotatable bonds is 7. The van der Waals surface area contributed by atoms with Gasteiger partial charge in [0.25, 0.3) is 11.5 Å². The van der Waals surface area contributed by atoms with Crippen LogP contribution in [0.4, 0.5) is 5.82 Å². The van der Waals surface area contributed by atoms with Gasteiger partial charge in [0.2, 0.25) is 0 Å². The quantitative estimate of drug-likeness (QED) is 0.368. The van der Waals surface area contributed by atoms with Gasteiger partial charge in [-0.15, -0.1) is 0 Å². The molecule has 5 rings (SSSR count). The van der Waals surface area contributed by atoms with Gasteiger partial charge < -0.3 is 14.8 Å². The summed E-state index contributed by atoms with van der Waals surface area (Å²) in [6.07, 6.45) is 5.17. The van der Waals surface area contributed by atoms with Crippen LogP contribution in [0.2, 0.25) is 0 Å². The normalized spacial score (nSPS) is 19.0. The highest BCUT2D eigenvalue weighted by molar-refractivity contribution is 8.26. The van der Waals surface area contributed by atoms with Crippen LogP contribution >= 0.6 is 24.0 Å². The first-order chi connectivity index (χ1) is 17.4. The summed E-state index contributed by atoms with van der Waals surface area (Å²) in [5.74, 6) is 0.965. The molecule has 2 aromatic heterocycles. The number of methoxy groups -OCH3 is 1. The predicted molar refractivity (Wildman–Crippen MR) is 145 cm³/mol. The summed E-state index contributed by atoms with van der Waals surface area (Å²) >= 11 is 6.69. The lowest BCUT2D eigenvalue weighted by Crippen LogP contribution is -2.35. The van der Waals surface area contributed by atoms with Crippen LogP contribution < -0.4 is 15.6 Å². The van der Waals surface area contributed by atoms with Crippen molar-refractivity contribution in [2.75, 3.05) is 25.6 Å². The number of carbonyl (C=O) groups is 1. The number of aromatic nitrogens is 2. The molecule has 0 bridgehead atoms. The van der Waals surface area contributed by atoms with E-state index < -0.39 is 0 Å². The van der Waals surface area contributed by atoms with Crippen LogP contribution in [-0.4, -0.2) is 50.9 Å². The van der Waals surface area contributed by atoms with Crippen molar-refractivity contribution in [3.8, 4) is 5.75 Å². The van der Waals surface area contributed by atoms with Gasteiger partial charge in [-0.1, -0.05) is 42.2 Å². The Morgan fingerprint density at radius 2 is 2.08 bits per heavy atom. The summed E-state index contributed by atoms with van der Waals surface area (Å²) in [4.78, 5) is 33.5. The maximum Gasteiger partial charge on any atom is 0.267 e. The largest absolute Gasteiger partial charge is 0.497 e. The van der Waals surface area contributed by atoms with Crippen molar-refractivity contribution in [2.24, 2.45) is 0 Å². The van der Waals surface area contributed by atoms with Gasteiger partial charge in [0.1, 0.15) is 21.5 Å². The van der Waals surface area contributed by atoms with Crippen molar-refractivity contribution in [2.45, 2.75) is 32.4 Å². The number of hydrogen-bond acceptors (Lipinski definition) is 8. The molecule has 2 fully saturated rings. The Hall–Kier alpha value is -3.21. The zero-order chi connectivity index (χ0) is 25.2. The minimum absolute atomic E-state index is 0.00971. The summed E-state index contributed by atoms with van der Waals surface area (Å²) in [6.45, 7) is 3.49. The lowest BCUT2D eigenvalue weighted by Gasteiger charge is -2.18. The molecule has 36 heavy (non-hydrogen) atoms. The number of thiocarbonyl (C=S) groups is 1. The molecule has 0 aliphatic carbocycles. The minimum Gasteiger partial charge on any atom is -0.497 e. The van der Waals surface area contributed by atoms with Gasteiger partial charge in [-0.25, -0.2) is 4.98 Å². The van der Waals surface area contributed by atoms with E-state index in [2.05, 4.69) is 5.32 Å². The maximum atomic E-state index is 13.6. The van der Waals surface area contributed by atoms with Crippen molar-refractivity contribution < 1.29 is 14.3 Å². The van der Waals surface area contributed by atoms with E-state index in [1.54, 1.807) is 30.3 Å². The molecule has 3 aromatic rings. The van der Waals surface area contributed by atoms with Crippen LogP contribution in [0, 0.1) is 6.92 Å². The van der Waals surface area contributed by atoms with Crippen molar-refractivity contribution in [3.63, 3.8) is 0 Å². The number of ether oxygens (including phenoxy) is 2. The monoisotopic (exact) mass is 522 g/mol. The lowest BCUT2D eigenvalue weighted by molar-refractivity contribution is -0.123. The van der Waals surface area contributed by atoms with Crippen molar-refractivity contribution in [3.05, 3.63) is 74.5 Å². The van der Waals surface area contributed by atoms with E-state index in [1.165, 1.54) is 16.2 Å². The molecule has 0 saturated carbocycles. The fraction of sp³-hybridized carbons (Fsp3) is 0.308. The predicted octanol–water partition coefficient (Wildman–Crippen LogP) is 4.00. The second-order valence-electron chi connectivity index (χ2n) is 8.69. The Kier molecular flexibility index (Phi) is 7.08. The van der Waals surface area contributed by atoms with Gasteiger partial charge in [0, 0.05) is 19.3 Å². The number of hydrogen-bond donors (Lipinski definition) is 1. The van der Waals surface area contributed by atoms with E-state index in [1.807, 2.05) is 37.3 Å². The van der Waals surface area contributed by atoms with Gasteiger partial charge in [-0.05, 0) is 55.2 Å². The van der Waals surface area contributed by atoms with Crippen LogP contribution in [0.1, 0.15) is 29.5 Å². The topological polar surface area (TPSA) is 85.2 Å². The van der Waals surface area contributed by atoms with Crippen molar-refractivity contribution in [1.29, 1.82) is 0 Å². The van der Waals surface area contributed by atoms with Crippen LogP contribution in [-0.2, 0) is 16.1 Å². The Bertz CT molecular complexity index is 1410. The molecule has 2 aliphatic heterocycles. The zero-order valence-electron chi connectivity index (χ0n) is 20.0. The summed E-state index contributed by atoms with van der Waals surface area (Å²) in [6, 6.07) is 11.4. The van der Waals surface area contributed by atoms with Gasteiger partial charge in [-0.3, -0.25) is 18.9 Å². The van der Waals surface area contributed by atoms with E-state index >= 15 is 0 Å². The second-order valence-corrected chi connectivity index (χ2v) is 10.4. The number of nitrogens with one attached hydrogen (secondary N) is 1. The number of nitrogens with zero attached hydrogens (tertiary/aromatic N) is 3. The number of aryl methyl sites for hydroxylation is 1. The molecule has 0 spiro atoms. The van der Waals surface area contributed by atoms with Gasteiger partial charge in [0.15, 0.2) is 0 Å². The van der Waals surface area contributed by atoms with Crippen LogP contribution in [0.15, 0.2) is 52.3 Å². The molecule has 0 radical (unpaired) electrons. The second kappa shape index (κ2) is 10.4. The molecule has 1 N–H and O–H groups in total. The Balaban J connectivity index is 1.50. The van der Waals surface area contributed by atoms with E-state index in [0.717, 1.165) is 29.7 Å². The van der Waals surface area contributed by atoms with E-state index in [0.29, 0.717) is 46.0 Å². The van der Waals surface area contributed by atoms with Crippen LogP contribution in [0.5, 0.6) is 5.75 Å². The summed E-state index contributed by atoms with van der Waals surface area (Å²) < 4.78 is 12.9. The summed E-state index contributed by atoms with van der Waals surface area (Å²) in [5, 5.41) is 3.30. The third-order valence-electron chi connectivity index (χ3n) is 6.26. The highest BCUT2D eigenvalue weighted by atomic mass is 32.2. The molecule has 10 heteroatoms. The van der Waals surface area contributed by atoms with Crippen LogP contribution in [0.3, 0.4) is 0 Å². The Morgan fingerprint density at radius 1 is 1.28 bits per heavy atom. The van der Waals surface area contributed by atoms with Crippen LogP contribution in [0.25, 0.3) is 11.7 Å². The molecule has 0 unspecified atom stereocenters. The van der Waals surface area contributed by atoms with Crippen molar-refractivity contribution in [1.82, 2.24) is 14.3 Å². The average molecular weight is 523 g/mol. The lowest BCUT2D eigenvalue weighted by atomic mass is 10.2. The Morgan fingerprint density at radius 3 is 2.81 bits per heavy atom. The molecule has 2 saturated heterocycles. The minimum atomic E-state index is -0.259. The fourth-order valence-corrected chi connectivity index (χ4v) is 5.54. The standard InChI is InChI=1S/C26H26N4O4S2/c1-16-5-3-11-29-23(16)28-22(27-14-17-7-9-18(33-2)10-8-17)20(24(29)31)13-21-25(32)30(26(35)36-21)15-19-6-4-12-34-19/h3,5,7-11,13,19,27H,4,6,12,14-15H2,1-2H3/b21-13-/t19-/m0/s1. The summed E-state index contributed by atoms with van der Waals surface area (Å²) in [5.41, 5.74) is 2.48. The first kappa shape index (κ1) is 24.5. The van der Waals surface area contributed by atoms with E-state index in [9.17, 15) is 9.59 Å². The van der Waals surface area contributed by atoms with Gasteiger partial charge >= 0.3 is 0 Å². The third kappa shape index (κ3) is 4.88. The number of benzene rings is 1. The number of thioether (sulfide) groups is 1. The smallest absolute Gasteiger partial charge is 0.267 e. The number of pyridine rings is 1. The highest BCUT2D eigenvalue weighted by Crippen LogP contribution is 2.34. The zero-order valence-corrected chi connectivity index (χ0v) is 21.7. The molecule has 2 aliphatic rings. The molecule has 1 amide bonds. The molecule has 186 valence electrons. The van der Waals surface area contributed by atoms with Gasteiger partial charge in [-0.2, -0.15) is 0 Å².